The Morgan fingerprint density at radius 2 is 1.97 bits per heavy atom. The number of esters is 1. The van der Waals surface area contributed by atoms with E-state index in [2.05, 4.69) is 6.58 Å². The van der Waals surface area contributed by atoms with Crippen LogP contribution in [0.25, 0.3) is 17.0 Å². The summed E-state index contributed by atoms with van der Waals surface area (Å²) in [6, 6.07) is 12.3. The van der Waals surface area contributed by atoms with Crippen LogP contribution < -0.4 is 15.1 Å². The van der Waals surface area contributed by atoms with E-state index in [1.807, 2.05) is 25.1 Å². The van der Waals surface area contributed by atoms with E-state index in [4.69, 9.17) is 18.6 Å². The van der Waals surface area contributed by atoms with Gasteiger partial charge in [-0.2, -0.15) is 0 Å². The van der Waals surface area contributed by atoms with Gasteiger partial charge >= 0.3 is 11.6 Å². The Kier molecular flexibility index (Phi) is 7.27. The van der Waals surface area contributed by atoms with Gasteiger partial charge in [0.05, 0.1) is 7.11 Å². The zero-order valence-electron chi connectivity index (χ0n) is 17.6. The van der Waals surface area contributed by atoms with Crippen molar-refractivity contribution < 1.29 is 23.4 Å². The molecule has 0 bridgehead atoms. The van der Waals surface area contributed by atoms with Crippen molar-refractivity contribution in [1.82, 2.24) is 0 Å². The van der Waals surface area contributed by atoms with Crippen LogP contribution in [-0.4, -0.2) is 19.7 Å². The van der Waals surface area contributed by atoms with Gasteiger partial charge in [0.25, 0.3) is 0 Å². The molecule has 0 N–H and O–H groups in total. The van der Waals surface area contributed by atoms with Crippen LogP contribution in [0.3, 0.4) is 0 Å². The molecule has 0 fully saturated rings. The van der Waals surface area contributed by atoms with Crippen molar-refractivity contribution >= 4 is 23.0 Å². The Morgan fingerprint density at radius 1 is 1.13 bits per heavy atom. The highest BCUT2D eigenvalue weighted by atomic mass is 16.5. The fourth-order valence-electron chi connectivity index (χ4n) is 3.03. The molecule has 0 amide bonds. The number of carbonyl (C=O) groups excluding carboxylic acids is 1. The van der Waals surface area contributed by atoms with Gasteiger partial charge < -0.3 is 18.6 Å². The molecule has 0 aliphatic rings. The highest BCUT2D eigenvalue weighted by Gasteiger charge is 2.09. The highest BCUT2D eigenvalue weighted by Crippen LogP contribution is 2.28. The Hall–Kier alpha value is -3.80. The van der Waals surface area contributed by atoms with Crippen molar-refractivity contribution in [1.29, 1.82) is 0 Å². The Bertz CT molecular complexity index is 1170. The number of aryl methyl sites for hydroxylation is 1. The van der Waals surface area contributed by atoms with Gasteiger partial charge in [-0.3, -0.25) is 0 Å². The summed E-state index contributed by atoms with van der Waals surface area (Å²) in [7, 11) is 1.54. The SMILES string of the molecule is C=CCOc1ccc(/C=C/C(=O)OCc2cc(=O)oc3cc(CC)ccc23)cc1OC. The minimum Gasteiger partial charge on any atom is -0.493 e. The second-order valence-electron chi connectivity index (χ2n) is 6.73. The maximum Gasteiger partial charge on any atom is 0.336 e. The minimum atomic E-state index is -0.530. The third kappa shape index (κ3) is 5.63. The first-order chi connectivity index (χ1) is 15.0. The molecule has 31 heavy (non-hydrogen) atoms. The summed E-state index contributed by atoms with van der Waals surface area (Å²) in [6.45, 7) is 5.97. The van der Waals surface area contributed by atoms with Crippen molar-refractivity contribution in [2.24, 2.45) is 0 Å². The van der Waals surface area contributed by atoms with Crippen LogP contribution in [0.5, 0.6) is 11.5 Å². The van der Waals surface area contributed by atoms with E-state index >= 15 is 0 Å². The van der Waals surface area contributed by atoms with Gasteiger partial charge in [0, 0.05) is 23.1 Å². The third-order valence-electron chi connectivity index (χ3n) is 4.63. The second kappa shape index (κ2) is 10.3. The average molecular weight is 420 g/mol. The smallest absolute Gasteiger partial charge is 0.336 e. The summed E-state index contributed by atoms with van der Waals surface area (Å²) < 4.78 is 21.4. The normalized spacial score (nSPS) is 10.9. The number of methoxy groups -OCH3 is 1. The molecule has 0 unspecified atom stereocenters. The molecule has 1 heterocycles. The van der Waals surface area contributed by atoms with E-state index in [0.717, 1.165) is 22.9 Å². The third-order valence-corrected chi connectivity index (χ3v) is 4.63. The number of fused-ring (bicyclic) bond motifs is 1. The highest BCUT2D eigenvalue weighted by molar-refractivity contribution is 5.87. The molecule has 160 valence electrons. The summed E-state index contributed by atoms with van der Waals surface area (Å²) in [5.41, 5.74) is 2.41. The van der Waals surface area contributed by atoms with Crippen LogP contribution in [0.4, 0.5) is 0 Å². The van der Waals surface area contributed by atoms with Crippen molar-refractivity contribution in [3.05, 3.63) is 88.3 Å². The van der Waals surface area contributed by atoms with Crippen LogP contribution >= 0.6 is 0 Å². The predicted molar refractivity (Wildman–Crippen MR) is 119 cm³/mol. The van der Waals surface area contributed by atoms with Crippen LogP contribution in [0.2, 0.25) is 0 Å². The number of carbonyl (C=O) groups is 1. The first-order valence-electron chi connectivity index (χ1n) is 9.86. The van der Waals surface area contributed by atoms with Crippen LogP contribution in [0, 0.1) is 0 Å². The van der Waals surface area contributed by atoms with Crippen LogP contribution in [-0.2, 0) is 22.6 Å². The lowest BCUT2D eigenvalue weighted by Crippen LogP contribution is -2.05. The molecule has 2 aromatic carbocycles. The quantitative estimate of drug-likeness (QED) is 0.216. The molecule has 0 saturated carbocycles. The van der Waals surface area contributed by atoms with Crippen molar-refractivity contribution in [2.75, 3.05) is 13.7 Å². The molecule has 6 nitrogen and oxygen atoms in total. The van der Waals surface area contributed by atoms with Gasteiger partial charge in [-0.25, -0.2) is 9.59 Å². The minimum absolute atomic E-state index is 0.0333. The lowest BCUT2D eigenvalue weighted by Gasteiger charge is -2.09. The van der Waals surface area contributed by atoms with E-state index in [-0.39, 0.29) is 6.61 Å². The molecule has 0 aliphatic carbocycles. The zero-order chi connectivity index (χ0) is 22.2. The van der Waals surface area contributed by atoms with Gasteiger partial charge in [0.1, 0.15) is 18.8 Å². The number of rotatable bonds is 9. The van der Waals surface area contributed by atoms with Gasteiger partial charge in [-0.05, 0) is 41.8 Å². The van der Waals surface area contributed by atoms with Crippen LogP contribution in [0.15, 0.2) is 70.4 Å². The molecule has 0 aliphatic heterocycles. The topological polar surface area (TPSA) is 75.0 Å². The largest absolute Gasteiger partial charge is 0.493 e. The van der Waals surface area contributed by atoms with Crippen molar-refractivity contribution in [2.45, 2.75) is 20.0 Å². The van der Waals surface area contributed by atoms with E-state index < -0.39 is 11.6 Å². The maximum absolute atomic E-state index is 12.2. The van der Waals surface area contributed by atoms with Gasteiger partial charge in [0.2, 0.25) is 0 Å². The average Bonchev–Trinajstić information content (AvgIpc) is 2.79. The molecule has 0 radical (unpaired) electrons. The first kappa shape index (κ1) is 21.9. The van der Waals surface area contributed by atoms with E-state index in [0.29, 0.717) is 29.3 Å². The molecule has 0 saturated heterocycles. The van der Waals surface area contributed by atoms with E-state index in [9.17, 15) is 9.59 Å². The van der Waals surface area contributed by atoms with Gasteiger partial charge in [-0.15, -0.1) is 0 Å². The van der Waals surface area contributed by atoms with E-state index in [1.54, 1.807) is 37.5 Å². The number of benzene rings is 2. The lowest BCUT2D eigenvalue weighted by atomic mass is 10.1. The zero-order valence-corrected chi connectivity index (χ0v) is 17.6. The first-order valence-corrected chi connectivity index (χ1v) is 9.86. The molecular weight excluding hydrogens is 396 g/mol. The number of ether oxygens (including phenoxy) is 3. The summed E-state index contributed by atoms with van der Waals surface area (Å²) >= 11 is 0. The lowest BCUT2D eigenvalue weighted by molar-refractivity contribution is -0.138. The summed E-state index contributed by atoms with van der Waals surface area (Å²) in [5, 5.41) is 0.744. The predicted octanol–water partition coefficient (Wildman–Crippen LogP) is 4.69. The molecule has 0 atom stereocenters. The van der Waals surface area contributed by atoms with Gasteiger partial charge in [0.15, 0.2) is 11.5 Å². The Balaban J connectivity index is 1.70. The summed E-state index contributed by atoms with van der Waals surface area (Å²) in [5.74, 6) is 0.604. The standard InChI is InChI=1S/C25H24O6/c1-4-12-29-21-10-7-18(14-23(21)28-3)8-11-24(26)30-16-19-15-25(27)31-22-13-17(5-2)6-9-20(19)22/h4,6-11,13-15H,1,5,12,16H2,2-3H3/b11-8+. The summed E-state index contributed by atoms with van der Waals surface area (Å²) in [6.07, 6.45) is 5.41. The summed E-state index contributed by atoms with van der Waals surface area (Å²) in [4.78, 5) is 24.1. The molecule has 6 heteroatoms. The van der Waals surface area contributed by atoms with E-state index in [1.165, 1.54) is 12.1 Å². The molecule has 3 aromatic rings. The molecule has 1 aromatic heterocycles. The number of hydrogen-bond acceptors (Lipinski definition) is 6. The Labute approximate surface area is 180 Å². The Morgan fingerprint density at radius 3 is 2.71 bits per heavy atom. The maximum atomic E-state index is 12.2. The van der Waals surface area contributed by atoms with Gasteiger partial charge in [-0.1, -0.05) is 37.8 Å². The molecule has 3 rings (SSSR count). The van der Waals surface area contributed by atoms with Crippen LogP contribution in [0.1, 0.15) is 23.6 Å². The monoisotopic (exact) mass is 420 g/mol. The van der Waals surface area contributed by atoms with Crippen molar-refractivity contribution in [3.63, 3.8) is 0 Å². The molecular formula is C25H24O6. The fourth-order valence-corrected chi connectivity index (χ4v) is 3.03. The van der Waals surface area contributed by atoms with Crippen molar-refractivity contribution in [3.8, 4) is 11.5 Å². The molecule has 0 spiro atoms. The number of hydrogen-bond donors (Lipinski definition) is 0. The fraction of sp³-hybridized carbons (Fsp3) is 0.200. The second-order valence-corrected chi connectivity index (χ2v) is 6.73.